The molecular weight excluding hydrogens is 274 g/mol. The van der Waals surface area contributed by atoms with E-state index in [0.717, 1.165) is 18.5 Å². The van der Waals surface area contributed by atoms with Gasteiger partial charge in [-0.2, -0.15) is 5.10 Å². The second-order valence-electron chi connectivity index (χ2n) is 5.60. The second kappa shape index (κ2) is 5.52. The van der Waals surface area contributed by atoms with Crippen LogP contribution in [0, 0.1) is 12.8 Å². The first kappa shape index (κ1) is 14.1. The van der Waals surface area contributed by atoms with E-state index in [2.05, 4.69) is 10.1 Å². The summed E-state index contributed by atoms with van der Waals surface area (Å²) >= 11 is 0. The number of aromatic nitrogens is 3. The summed E-state index contributed by atoms with van der Waals surface area (Å²) in [6.45, 7) is 2.49. The van der Waals surface area contributed by atoms with Crippen molar-refractivity contribution in [3.8, 4) is 11.3 Å². The van der Waals surface area contributed by atoms with E-state index in [4.69, 9.17) is 5.73 Å². The minimum atomic E-state index is -2.60. The molecule has 2 aromatic heterocycles. The molecule has 0 bridgehead atoms. The molecule has 21 heavy (non-hydrogen) atoms. The summed E-state index contributed by atoms with van der Waals surface area (Å²) in [6, 6.07) is 5.57. The fourth-order valence-corrected chi connectivity index (χ4v) is 2.75. The number of hydrogen-bond donors (Lipinski definition) is 1. The van der Waals surface area contributed by atoms with E-state index in [9.17, 15) is 8.78 Å². The third kappa shape index (κ3) is 2.68. The molecule has 6 heteroatoms. The van der Waals surface area contributed by atoms with Gasteiger partial charge in [0.25, 0.3) is 6.43 Å². The highest BCUT2D eigenvalue weighted by Crippen LogP contribution is 2.39. The third-order valence-electron chi connectivity index (χ3n) is 4.05. The molecule has 0 aromatic carbocycles. The number of pyridine rings is 1. The Morgan fingerprint density at radius 3 is 2.76 bits per heavy atom. The highest BCUT2D eigenvalue weighted by atomic mass is 19.3. The van der Waals surface area contributed by atoms with Gasteiger partial charge in [-0.3, -0.25) is 9.67 Å². The first-order valence-electron chi connectivity index (χ1n) is 7.09. The second-order valence-corrected chi connectivity index (χ2v) is 5.60. The summed E-state index contributed by atoms with van der Waals surface area (Å²) in [4.78, 5) is 4.33. The number of nitrogens with zero attached hydrogens (tertiary/aromatic N) is 3. The topological polar surface area (TPSA) is 56.7 Å². The SMILES string of the molecule is Cc1cccc(-c2cn(C3CC(CN)C3)nc2C(F)F)n1. The normalized spacial score (nSPS) is 21.6. The van der Waals surface area contributed by atoms with Gasteiger partial charge in [-0.25, -0.2) is 8.78 Å². The molecular formula is C15H18F2N4. The predicted octanol–water partition coefficient (Wildman–Crippen LogP) is 3.10. The van der Waals surface area contributed by atoms with E-state index in [0.29, 0.717) is 23.7 Å². The summed E-state index contributed by atoms with van der Waals surface area (Å²) in [5, 5.41) is 4.09. The van der Waals surface area contributed by atoms with E-state index < -0.39 is 6.43 Å². The van der Waals surface area contributed by atoms with Crippen LogP contribution in [0.15, 0.2) is 24.4 Å². The van der Waals surface area contributed by atoms with Gasteiger partial charge in [0.15, 0.2) is 0 Å². The van der Waals surface area contributed by atoms with Crippen molar-refractivity contribution >= 4 is 0 Å². The molecule has 0 radical (unpaired) electrons. The maximum Gasteiger partial charge on any atom is 0.282 e. The molecule has 112 valence electrons. The molecule has 2 heterocycles. The number of halogens is 2. The van der Waals surface area contributed by atoms with E-state index >= 15 is 0 Å². The monoisotopic (exact) mass is 292 g/mol. The van der Waals surface area contributed by atoms with Crippen molar-refractivity contribution in [2.75, 3.05) is 6.54 Å². The van der Waals surface area contributed by atoms with Crippen LogP contribution >= 0.6 is 0 Å². The summed E-state index contributed by atoms with van der Waals surface area (Å²) in [6.07, 6.45) is 0.901. The van der Waals surface area contributed by atoms with Gasteiger partial charge in [0.05, 0.1) is 11.7 Å². The summed E-state index contributed by atoms with van der Waals surface area (Å²) in [7, 11) is 0. The predicted molar refractivity (Wildman–Crippen MR) is 76.0 cm³/mol. The number of rotatable bonds is 4. The Bertz CT molecular complexity index is 632. The lowest BCUT2D eigenvalue weighted by Crippen LogP contribution is -2.32. The van der Waals surface area contributed by atoms with Crippen LogP contribution in [0.2, 0.25) is 0 Å². The maximum absolute atomic E-state index is 13.2. The zero-order chi connectivity index (χ0) is 15.0. The van der Waals surface area contributed by atoms with Gasteiger partial charge in [-0.05, 0) is 44.4 Å². The van der Waals surface area contributed by atoms with Crippen LogP contribution in [0.5, 0.6) is 0 Å². The van der Waals surface area contributed by atoms with Crippen molar-refractivity contribution in [1.82, 2.24) is 14.8 Å². The van der Waals surface area contributed by atoms with Crippen LogP contribution in [0.3, 0.4) is 0 Å². The molecule has 0 saturated heterocycles. The minimum Gasteiger partial charge on any atom is -0.330 e. The Labute approximate surface area is 122 Å². The number of hydrogen-bond acceptors (Lipinski definition) is 3. The number of aryl methyl sites for hydroxylation is 1. The lowest BCUT2D eigenvalue weighted by atomic mass is 9.80. The van der Waals surface area contributed by atoms with Crippen LogP contribution in [-0.4, -0.2) is 21.3 Å². The zero-order valence-corrected chi connectivity index (χ0v) is 11.8. The Kier molecular flexibility index (Phi) is 3.71. The van der Waals surface area contributed by atoms with Gasteiger partial charge >= 0.3 is 0 Å². The Hall–Kier alpha value is -1.82. The van der Waals surface area contributed by atoms with Gasteiger partial charge in [0, 0.05) is 17.5 Å². The molecule has 0 spiro atoms. The first-order chi connectivity index (χ1) is 10.1. The molecule has 1 aliphatic carbocycles. The molecule has 0 amide bonds. The van der Waals surface area contributed by atoms with Crippen molar-refractivity contribution in [2.24, 2.45) is 11.7 Å². The minimum absolute atomic E-state index is 0.176. The fourth-order valence-electron chi connectivity index (χ4n) is 2.75. The molecule has 0 aliphatic heterocycles. The van der Waals surface area contributed by atoms with Gasteiger partial charge in [0.1, 0.15) is 5.69 Å². The lowest BCUT2D eigenvalue weighted by Gasteiger charge is -2.34. The first-order valence-corrected chi connectivity index (χ1v) is 7.09. The summed E-state index contributed by atoms with van der Waals surface area (Å²) in [5.74, 6) is 0.481. The molecule has 1 fully saturated rings. The van der Waals surface area contributed by atoms with E-state index in [-0.39, 0.29) is 11.7 Å². The molecule has 3 rings (SSSR count). The summed E-state index contributed by atoms with van der Waals surface area (Å²) in [5.41, 5.74) is 7.18. The average molecular weight is 292 g/mol. The quantitative estimate of drug-likeness (QED) is 0.942. The Morgan fingerprint density at radius 2 is 2.14 bits per heavy atom. The van der Waals surface area contributed by atoms with E-state index in [1.807, 2.05) is 19.1 Å². The number of alkyl halides is 2. The highest BCUT2D eigenvalue weighted by molar-refractivity contribution is 5.61. The summed E-state index contributed by atoms with van der Waals surface area (Å²) < 4.78 is 28.1. The van der Waals surface area contributed by atoms with Crippen LogP contribution in [0.25, 0.3) is 11.3 Å². The molecule has 2 aromatic rings. The fraction of sp³-hybridized carbons (Fsp3) is 0.467. The van der Waals surface area contributed by atoms with E-state index in [1.165, 1.54) is 0 Å². The van der Waals surface area contributed by atoms with Crippen molar-refractivity contribution in [2.45, 2.75) is 32.2 Å². The van der Waals surface area contributed by atoms with Gasteiger partial charge in [0.2, 0.25) is 0 Å². The van der Waals surface area contributed by atoms with Gasteiger partial charge in [-0.1, -0.05) is 6.07 Å². The molecule has 0 unspecified atom stereocenters. The van der Waals surface area contributed by atoms with Crippen LogP contribution in [-0.2, 0) is 0 Å². The number of nitrogens with two attached hydrogens (primary N) is 1. The van der Waals surface area contributed by atoms with E-state index in [1.54, 1.807) is 16.9 Å². The molecule has 0 atom stereocenters. The van der Waals surface area contributed by atoms with Crippen molar-refractivity contribution in [3.05, 3.63) is 35.8 Å². The third-order valence-corrected chi connectivity index (χ3v) is 4.05. The zero-order valence-electron chi connectivity index (χ0n) is 11.8. The van der Waals surface area contributed by atoms with Crippen LogP contribution < -0.4 is 5.73 Å². The van der Waals surface area contributed by atoms with Crippen molar-refractivity contribution in [1.29, 1.82) is 0 Å². The average Bonchev–Trinajstić information content (AvgIpc) is 2.82. The van der Waals surface area contributed by atoms with Crippen molar-refractivity contribution in [3.63, 3.8) is 0 Å². The molecule has 2 N–H and O–H groups in total. The highest BCUT2D eigenvalue weighted by Gasteiger charge is 2.32. The Balaban J connectivity index is 1.94. The van der Waals surface area contributed by atoms with Crippen molar-refractivity contribution < 1.29 is 8.78 Å². The Morgan fingerprint density at radius 1 is 1.38 bits per heavy atom. The maximum atomic E-state index is 13.2. The molecule has 1 saturated carbocycles. The van der Waals surface area contributed by atoms with Gasteiger partial charge in [-0.15, -0.1) is 0 Å². The van der Waals surface area contributed by atoms with Gasteiger partial charge < -0.3 is 5.73 Å². The lowest BCUT2D eigenvalue weighted by molar-refractivity contribution is 0.140. The molecule has 1 aliphatic rings. The standard InChI is InChI=1S/C15H18F2N4/c1-9-3-2-4-13(19-9)12-8-21(20-14(12)15(16)17)11-5-10(6-11)7-18/h2-4,8,10-11,15H,5-7,18H2,1H3. The largest absolute Gasteiger partial charge is 0.330 e. The molecule has 4 nitrogen and oxygen atoms in total. The van der Waals surface area contributed by atoms with Crippen LogP contribution in [0.1, 0.15) is 36.7 Å². The smallest absolute Gasteiger partial charge is 0.282 e. The van der Waals surface area contributed by atoms with Crippen LogP contribution in [0.4, 0.5) is 8.78 Å².